The second-order valence-electron chi connectivity index (χ2n) is 4.35. The van der Waals surface area contributed by atoms with Gasteiger partial charge in [0.25, 0.3) is 15.7 Å². The van der Waals surface area contributed by atoms with Gasteiger partial charge in [0.05, 0.1) is 15.4 Å². The van der Waals surface area contributed by atoms with E-state index in [2.05, 4.69) is 0 Å². The van der Waals surface area contributed by atoms with Gasteiger partial charge >= 0.3 is 0 Å². The van der Waals surface area contributed by atoms with E-state index >= 15 is 0 Å². The van der Waals surface area contributed by atoms with Gasteiger partial charge in [-0.25, -0.2) is 8.42 Å². The first-order valence-electron chi connectivity index (χ1n) is 6.01. The molecule has 1 saturated heterocycles. The maximum Gasteiger partial charge on any atom is 0.276 e. The lowest BCUT2D eigenvalue weighted by Crippen LogP contribution is -2.12. The molecule has 1 aliphatic heterocycles. The summed E-state index contributed by atoms with van der Waals surface area (Å²) in [6.07, 6.45) is -0.961. The molecule has 2 atom stereocenters. The standard InChI is InChI=1S/C13H10N2O5S/c16-14(17)12-9-5-4-8-11(12)13-15(20-13)21(18,19)10-6-2-1-3-7-10/h1-9,13H. The van der Waals surface area contributed by atoms with Crippen LogP contribution in [0.15, 0.2) is 59.5 Å². The maximum absolute atomic E-state index is 12.3. The number of hydrogen-bond donors (Lipinski definition) is 0. The first-order valence-corrected chi connectivity index (χ1v) is 7.45. The summed E-state index contributed by atoms with van der Waals surface area (Å²) >= 11 is 0. The number of sulfonamides is 1. The summed E-state index contributed by atoms with van der Waals surface area (Å²) in [5, 5.41) is 11.0. The van der Waals surface area contributed by atoms with Crippen molar-refractivity contribution in [2.45, 2.75) is 11.1 Å². The van der Waals surface area contributed by atoms with Crippen LogP contribution < -0.4 is 0 Å². The second-order valence-corrected chi connectivity index (χ2v) is 6.13. The third kappa shape index (κ3) is 2.40. The van der Waals surface area contributed by atoms with Gasteiger partial charge < -0.3 is 0 Å². The van der Waals surface area contributed by atoms with Crippen LogP contribution in [0.2, 0.25) is 0 Å². The minimum Gasteiger partial charge on any atom is -0.258 e. The molecule has 0 saturated carbocycles. The Morgan fingerprint density at radius 3 is 2.33 bits per heavy atom. The summed E-state index contributed by atoms with van der Waals surface area (Å²) in [6.45, 7) is 0. The van der Waals surface area contributed by atoms with E-state index in [-0.39, 0.29) is 16.1 Å². The number of nitrogens with zero attached hydrogens (tertiary/aromatic N) is 2. The molecule has 2 aromatic carbocycles. The topological polar surface area (TPSA) is 92.8 Å². The lowest BCUT2D eigenvalue weighted by Gasteiger charge is -2.02. The molecular formula is C13H10N2O5S. The molecule has 0 aliphatic carbocycles. The van der Waals surface area contributed by atoms with Crippen LogP contribution in [-0.4, -0.2) is 17.8 Å². The van der Waals surface area contributed by atoms with E-state index in [1.165, 1.54) is 30.3 Å². The normalized spacial score (nSPS) is 21.0. The van der Waals surface area contributed by atoms with Gasteiger partial charge in [-0.15, -0.1) is 0 Å². The summed E-state index contributed by atoms with van der Waals surface area (Å²) in [5.74, 6) is 0. The monoisotopic (exact) mass is 306 g/mol. The molecular weight excluding hydrogens is 296 g/mol. The Labute approximate surface area is 120 Å². The highest BCUT2D eigenvalue weighted by Gasteiger charge is 2.51. The van der Waals surface area contributed by atoms with E-state index in [0.29, 0.717) is 0 Å². The van der Waals surface area contributed by atoms with Crippen molar-refractivity contribution < 1.29 is 18.2 Å². The fraction of sp³-hybridized carbons (Fsp3) is 0.0769. The summed E-state index contributed by atoms with van der Waals surface area (Å²) in [4.78, 5) is 15.5. The molecule has 21 heavy (non-hydrogen) atoms. The Kier molecular flexibility index (Phi) is 3.20. The summed E-state index contributed by atoms with van der Waals surface area (Å²) in [6, 6.07) is 13.7. The Morgan fingerprint density at radius 2 is 1.67 bits per heavy atom. The lowest BCUT2D eigenvalue weighted by atomic mass is 10.2. The first-order chi connectivity index (χ1) is 10.0. The van der Waals surface area contributed by atoms with Gasteiger partial charge in [-0.3, -0.25) is 15.0 Å². The molecule has 0 aromatic heterocycles. The van der Waals surface area contributed by atoms with E-state index in [1.54, 1.807) is 24.3 Å². The van der Waals surface area contributed by atoms with Crippen LogP contribution in [0.25, 0.3) is 0 Å². The third-order valence-electron chi connectivity index (χ3n) is 3.03. The molecule has 1 fully saturated rings. The number of hydroxylamine groups is 1. The number of nitro benzene ring substituents is 1. The number of hydrogen-bond acceptors (Lipinski definition) is 5. The molecule has 8 heteroatoms. The van der Waals surface area contributed by atoms with Crippen LogP contribution in [0, 0.1) is 10.1 Å². The van der Waals surface area contributed by atoms with Crippen molar-refractivity contribution in [3.63, 3.8) is 0 Å². The number of benzene rings is 2. The second kappa shape index (κ2) is 4.92. The first kappa shape index (κ1) is 13.7. The van der Waals surface area contributed by atoms with Crippen molar-refractivity contribution in [1.82, 2.24) is 4.47 Å². The fourth-order valence-electron chi connectivity index (χ4n) is 1.98. The molecule has 2 aromatic rings. The highest BCUT2D eigenvalue weighted by atomic mass is 32.2. The van der Waals surface area contributed by atoms with E-state index in [1.807, 2.05) is 0 Å². The smallest absolute Gasteiger partial charge is 0.258 e. The van der Waals surface area contributed by atoms with Crippen LogP contribution in [0.3, 0.4) is 0 Å². The molecule has 0 amide bonds. The number of nitro groups is 1. The van der Waals surface area contributed by atoms with Crippen molar-refractivity contribution in [2.24, 2.45) is 0 Å². The summed E-state index contributed by atoms with van der Waals surface area (Å²) in [5.41, 5.74) is 0.0373. The number of para-hydroxylation sites is 1. The predicted molar refractivity (Wildman–Crippen MR) is 72.4 cm³/mol. The van der Waals surface area contributed by atoms with Crippen molar-refractivity contribution in [1.29, 1.82) is 0 Å². The summed E-state index contributed by atoms with van der Waals surface area (Å²) < 4.78 is 25.3. The van der Waals surface area contributed by atoms with E-state index in [0.717, 1.165) is 4.47 Å². The third-order valence-corrected chi connectivity index (χ3v) is 4.65. The van der Waals surface area contributed by atoms with Crippen molar-refractivity contribution >= 4 is 15.7 Å². The highest BCUT2D eigenvalue weighted by Crippen LogP contribution is 2.45. The molecule has 0 N–H and O–H groups in total. The Balaban J connectivity index is 1.93. The fourth-order valence-corrected chi connectivity index (χ4v) is 3.25. The molecule has 1 aliphatic rings. The van der Waals surface area contributed by atoms with Crippen LogP contribution >= 0.6 is 0 Å². The van der Waals surface area contributed by atoms with Gasteiger partial charge in [0.1, 0.15) is 0 Å². The Morgan fingerprint density at radius 1 is 1.05 bits per heavy atom. The average Bonchev–Trinajstić information content (AvgIpc) is 3.29. The van der Waals surface area contributed by atoms with E-state index in [4.69, 9.17) is 4.84 Å². The zero-order valence-corrected chi connectivity index (χ0v) is 11.4. The molecule has 7 nitrogen and oxygen atoms in total. The molecule has 1 heterocycles. The van der Waals surface area contributed by atoms with Crippen LogP contribution in [0.1, 0.15) is 11.8 Å². The molecule has 2 unspecified atom stereocenters. The van der Waals surface area contributed by atoms with Crippen LogP contribution in [0.5, 0.6) is 0 Å². The Hall–Kier alpha value is -2.29. The summed E-state index contributed by atoms with van der Waals surface area (Å²) in [7, 11) is -3.82. The quantitative estimate of drug-likeness (QED) is 0.490. The molecule has 3 rings (SSSR count). The zero-order valence-electron chi connectivity index (χ0n) is 10.6. The minimum atomic E-state index is -3.82. The average molecular weight is 306 g/mol. The van der Waals surface area contributed by atoms with Crippen molar-refractivity contribution in [3.05, 3.63) is 70.3 Å². The largest absolute Gasteiger partial charge is 0.276 e. The maximum atomic E-state index is 12.3. The van der Waals surface area contributed by atoms with Gasteiger partial charge in [0.2, 0.25) is 6.23 Å². The van der Waals surface area contributed by atoms with Crippen molar-refractivity contribution in [3.8, 4) is 0 Å². The van der Waals surface area contributed by atoms with Gasteiger partial charge in [-0.1, -0.05) is 30.3 Å². The minimum absolute atomic E-state index is 0.0751. The number of rotatable bonds is 4. The molecule has 0 radical (unpaired) electrons. The van der Waals surface area contributed by atoms with Gasteiger partial charge in [-0.2, -0.15) is 0 Å². The molecule has 0 spiro atoms. The van der Waals surface area contributed by atoms with Gasteiger partial charge in [0, 0.05) is 6.07 Å². The zero-order chi connectivity index (χ0) is 15.0. The lowest BCUT2D eigenvalue weighted by molar-refractivity contribution is -0.385. The SMILES string of the molecule is O=[N+]([O-])c1ccccc1C1ON1S(=O)(=O)c1ccccc1. The highest BCUT2D eigenvalue weighted by molar-refractivity contribution is 7.89. The Bertz CT molecular complexity index is 791. The van der Waals surface area contributed by atoms with E-state index < -0.39 is 21.2 Å². The van der Waals surface area contributed by atoms with Crippen molar-refractivity contribution in [2.75, 3.05) is 0 Å². The van der Waals surface area contributed by atoms with E-state index in [9.17, 15) is 18.5 Å². The van der Waals surface area contributed by atoms with Crippen LogP contribution in [0.4, 0.5) is 5.69 Å². The molecule has 0 bridgehead atoms. The predicted octanol–water partition coefficient (Wildman–Crippen LogP) is 2.23. The van der Waals surface area contributed by atoms with Gasteiger partial charge in [0.15, 0.2) is 0 Å². The van der Waals surface area contributed by atoms with Crippen LogP contribution in [-0.2, 0) is 14.9 Å². The molecule has 108 valence electrons. The van der Waals surface area contributed by atoms with Gasteiger partial charge in [-0.05, 0) is 22.7 Å².